The lowest BCUT2D eigenvalue weighted by atomic mass is 10.1. The molecule has 0 aliphatic heterocycles. The van der Waals surface area contributed by atoms with Crippen LogP contribution in [0.1, 0.15) is 29.1 Å². The Balaban J connectivity index is 1.55. The molecular formula is C22H21N3O2S. The Morgan fingerprint density at radius 2 is 1.86 bits per heavy atom. The quantitative estimate of drug-likeness (QED) is 0.440. The molecule has 142 valence electrons. The molecular weight excluding hydrogens is 370 g/mol. The molecule has 28 heavy (non-hydrogen) atoms. The van der Waals surface area contributed by atoms with Crippen LogP contribution in [0.3, 0.4) is 0 Å². The summed E-state index contributed by atoms with van der Waals surface area (Å²) >= 11 is 1.48. The Hall–Kier alpha value is -2.99. The summed E-state index contributed by atoms with van der Waals surface area (Å²) in [6, 6.07) is 19.7. The van der Waals surface area contributed by atoms with E-state index < -0.39 is 0 Å². The average molecular weight is 391 g/mol. The van der Waals surface area contributed by atoms with Crippen molar-refractivity contribution in [2.45, 2.75) is 18.1 Å². The number of aromatic nitrogens is 2. The molecule has 2 aromatic heterocycles. The highest BCUT2D eigenvalue weighted by molar-refractivity contribution is 7.98. The number of benzene rings is 2. The zero-order chi connectivity index (χ0) is 19.7. The maximum absolute atomic E-state index is 12.7. The van der Waals surface area contributed by atoms with E-state index in [1.807, 2.05) is 55.9 Å². The number of hydrogen-bond donors (Lipinski definition) is 0. The zero-order valence-corrected chi connectivity index (χ0v) is 16.8. The van der Waals surface area contributed by atoms with Gasteiger partial charge in [-0.05, 0) is 55.1 Å². The number of amides is 1. The Morgan fingerprint density at radius 1 is 1.11 bits per heavy atom. The van der Waals surface area contributed by atoms with Gasteiger partial charge in [0.1, 0.15) is 6.33 Å². The molecule has 0 fully saturated rings. The predicted octanol–water partition coefficient (Wildman–Crippen LogP) is 5.17. The van der Waals surface area contributed by atoms with Gasteiger partial charge in [-0.25, -0.2) is 4.98 Å². The van der Waals surface area contributed by atoms with Gasteiger partial charge < -0.3 is 9.32 Å². The van der Waals surface area contributed by atoms with Gasteiger partial charge in [-0.2, -0.15) is 0 Å². The van der Waals surface area contributed by atoms with Gasteiger partial charge in [-0.1, -0.05) is 36.0 Å². The van der Waals surface area contributed by atoms with Gasteiger partial charge in [-0.15, -0.1) is 0 Å². The number of carbonyl (C=O) groups excluding carboxylic acids is 1. The Morgan fingerprint density at radius 3 is 2.57 bits per heavy atom. The van der Waals surface area contributed by atoms with Crippen molar-refractivity contribution in [3.63, 3.8) is 0 Å². The van der Waals surface area contributed by atoms with E-state index in [0.29, 0.717) is 5.76 Å². The lowest BCUT2D eigenvalue weighted by Gasteiger charge is -2.24. The monoisotopic (exact) mass is 391 g/mol. The molecule has 0 saturated heterocycles. The fraction of sp³-hybridized carbons (Fsp3) is 0.182. The molecule has 2 aromatic carbocycles. The van der Waals surface area contributed by atoms with Crippen LogP contribution in [-0.4, -0.2) is 33.7 Å². The number of thioether (sulfide) groups is 1. The van der Waals surface area contributed by atoms with Gasteiger partial charge in [0, 0.05) is 12.7 Å². The third-order valence-electron chi connectivity index (χ3n) is 5.00. The maximum atomic E-state index is 12.7. The van der Waals surface area contributed by atoms with E-state index in [0.717, 1.165) is 27.4 Å². The van der Waals surface area contributed by atoms with Crippen molar-refractivity contribution < 1.29 is 9.21 Å². The number of para-hydroxylation sites is 2. The summed E-state index contributed by atoms with van der Waals surface area (Å²) in [6.07, 6.45) is 3.75. The highest BCUT2D eigenvalue weighted by Gasteiger charge is 2.21. The van der Waals surface area contributed by atoms with Crippen LogP contribution >= 0.6 is 11.8 Å². The fourth-order valence-electron chi connectivity index (χ4n) is 3.20. The highest BCUT2D eigenvalue weighted by Crippen LogP contribution is 2.25. The molecule has 4 aromatic rings. The number of carbonyl (C=O) groups is 1. The summed E-state index contributed by atoms with van der Waals surface area (Å²) in [4.78, 5) is 18.8. The van der Waals surface area contributed by atoms with E-state index in [9.17, 15) is 4.79 Å². The van der Waals surface area contributed by atoms with Crippen LogP contribution in [0, 0.1) is 0 Å². The topological polar surface area (TPSA) is 51.3 Å². The van der Waals surface area contributed by atoms with Crippen molar-refractivity contribution in [2.75, 3.05) is 13.3 Å². The highest BCUT2D eigenvalue weighted by atomic mass is 32.2. The van der Waals surface area contributed by atoms with E-state index in [2.05, 4.69) is 27.8 Å². The minimum Gasteiger partial charge on any atom is -0.445 e. The van der Waals surface area contributed by atoms with Crippen LogP contribution in [0.15, 0.2) is 76.5 Å². The van der Waals surface area contributed by atoms with Crippen LogP contribution in [-0.2, 0) is 0 Å². The van der Waals surface area contributed by atoms with E-state index >= 15 is 0 Å². The molecule has 0 bridgehead atoms. The Kier molecular flexibility index (Phi) is 4.96. The summed E-state index contributed by atoms with van der Waals surface area (Å²) in [5, 5.41) is 0.737. The van der Waals surface area contributed by atoms with Crippen LogP contribution in [0.4, 0.5) is 0 Å². The van der Waals surface area contributed by atoms with Gasteiger partial charge in [0.2, 0.25) is 0 Å². The first-order chi connectivity index (χ1) is 13.6. The van der Waals surface area contributed by atoms with Gasteiger partial charge in [0.15, 0.2) is 10.9 Å². The second-order valence-electron chi connectivity index (χ2n) is 6.61. The SMILES string of the molecule is CSc1ccc(C(=O)N(C)C(C)c2ccc(-n3cnc4ccccc43)cc2)o1. The minimum absolute atomic E-state index is 0.0797. The van der Waals surface area contributed by atoms with Crippen LogP contribution in [0.25, 0.3) is 16.7 Å². The second-order valence-corrected chi connectivity index (χ2v) is 7.42. The number of rotatable bonds is 5. The van der Waals surface area contributed by atoms with E-state index in [4.69, 9.17) is 4.42 Å². The smallest absolute Gasteiger partial charge is 0.289 e. The molecule has 5 nitrogen and oxygen atoms in total. The lowest BCUT2D eigenvalue weighted by Crippen LogP contribution is -2.29. The maximum Gasteiger partial charge on any atom is 0.289 e. The first-order valence-electron chi connectivity index (χ1n) is 9.02. The molecule has 1 unspecified atom stereocenters. The molecule has 4 rings (SSSR count). The van der Waals surface area contributed by atoms with Crippen molar-refractivity contribution >= 4 is 28.7 Å². The summed E-state index contributed by atoms with van der Waals surface area (Å²) in [6.45, 7) is 2.01. The van der Waals surface area contributed by atoms with Crippen molar-refractivity contribution in [1.82, 2.24) is 14.5 Å². The Bertz CT molecular complexity index is 1110. The predicted molar refractivity (Wildman–Crippen MR) is 112 cm³/mol. The summed E-state index contributed by atoms with van der Waals surface area (Å²) in [7, 11) is 1.80. The van der Waals surface area contributed by atoms with E-state index in [1.165, 1.54) is 11.8 Å². The molecule has 0 aliphatic rings. The van der Waals surface area contributed by atoms with Crippen LogP contribution in [0.5, 0.6) is 0 Å². The molecule has 6 heteroatoms. The van der Waals surface area contributed by atoms with Crippen molar-refractivity contribution in [2.24, 2.45) is 0 Å². The average Bonchev–Trinajstić information content (AvgIpc) is 3.39. The van der Waals surface area contributed by atoms with Gasteiger partial charge in [0.25, 0.3) is 5.91 Å². The Labute approximate surface area is 168 Å². The molecule has 0 spiro atoms. The van der Waals surface area contributed by atoms with Crippen molar-refractivity contribution in [3.8, 4) is 5.69 Å². The van der Waals surface area contributed by atoms with E-state index in [-0.39, 0.29) is 11.9 Å². The van der Waals surface area contributed by atoms with Crippen molar-refractivity contribution in [1.29, 1.82) is 0 Å². The molecule has 1 amide bonds. The van der Waals surface area contributed by atoms with Crippen molar-refractivity contribution in [3.05, 3.63) is 78.3 Å². The molecule has 1 atom stereocenters. The second kappa shape index (κ2) is 7.56. The van der Waals surface area contributed by atoms with Gasteiger partial charge in [0.05, 0.1) is 17.1 Å². The third-order valence-corrected chi connectivity index (χ3v) is 5.62. The van der Waals surface area contributed by atoms with Gasteiger partial charge >= 0.3 is 0 Å². The summed E-state index contributed by atoms with van der Waals surface area (Å²) in [5.41, 5.74) is 4.13. The van der Waals surface area contributed by atoms with Gasteiger partial charge in [-0.3, -0.25) is 9.36 Å². The molecule has 2 heterocycles. The zero-order valence-electron chi connectivity index (χ0n) is 16.0. The van der Waals surface area contributed by atoms with Crippen LogP contribution in [0.2, 0.25) is 0 Å². The van der Waals surface area contributed by atoms with E-state index in [1.54, 1.807) is 18.0 Å². The third kappa shape index (κ3) is 3.31. The number of hydrogen-bond acceptors (Lipinski definition) is 4. The normalized spacial score (nSPS) is 12.2. The number of nitrogens with zero attached hydrogens (tertiary/aromatic N) is 3. The lowest BCUT2D eigenvalue weighted by molar-refractivity contribution is 0.0705. The molecule has 0 saturated carbocycles. The summed E-state index contributed by atoms with van der Waals surface area (Å²) < 4.78 is 7.63. The fourth-order valence-corrected chi connectivity index (χ4v) is 3.57. The standard InChI is InChI=1S/C22H21N3O2S/c1-15(24(2)22(26)20-12-13-21(27-20)28-3)16-8-10-17(11-9-16)25-14-23-18-6-4-5-7-19(18)25/h4-15H,1-3H3. The number of fused-ring (bicyclic) bond motifs is 1. The molecule has 0 N–H and O–H groups in total. The number of imidazole rings is 1. The molecule has 0 aliphatic carbocycles. The summed E-state index contributed by atoms with van der Waals surface area (Å²) in [5.74, 6) is 0.234. The van der Waals surface area contributed by atoms with Crippen LogP contribution < -0.4 is 0 Å². The molecule has 0 radical (unpaired) electrons. The number of furan rings is 1. The first-order valence-corrected chi connectivity index (χ1v) is 10.2. The minimum atomic E-state index is -0.127. The largest absolute Gasteiger partial charge is 0.445 e. The first kappa shape index (κ1) is 18.4.